The van der Waals surface area contributed by atoms with Crippen LogP contribution in [0.5, 0.6) is 0 Å². The van der Waals surface area contributed by atoms with Gasteiger partial charge in [0.15, 0.2) is 0 Å². The van der Waals surface area contributed by atoms with Crippen LogP contribution in [0, 0.1) is 11.3 Å². The summed E-state index contributed by atoms with van der Waals surface area (Å²) in [4.78, 5) is 10.6. The van der Waals surface area contributed by atoms with E-state index >= 15 is 0 Å². The molecule has 2 nitrogen and oxygen atoms in total. The number of hydrogen-bond donors (Lipinski definition) is 1. The maximum absolute atomic E-state index is 12.8. The van der Waals surface area contributed by atoms with Gasteiger partial charge in [-0.3, -0.25) is 4.79 Å². The fourth-order valence-electron chi connectivity index (χ4n) is 2.56. The Morgan fingerprint density at radius 1 is 1.33 bits per heavy atom. The second kappa shape index (κ2) is 4.90. The Balaban J connectivity index is 2.72. The zero-order chi connectivity index (χ0) is 11.5. The van der Waals surface area contributed by atoms with Gasteiger partial charge in [-0.2, -0.15) is 0 Å². The van der Waals surface area contributed by atoms with Crippen LogP contribution in [-0.2, 0) is 4.79 Å². The van der Waals surface area contributed by atoms with Gasteiger partial charge in [-0.1, -0.05) is 26.2 Å². The number of carboxylic acid groups (broad SMARTS) is 1. The fourth-order valence-corrected chi connectivity index (χ4v) is 2.56. The van der Waals surface area contributed by atoms with Crippen LogP contribution in [0.4, 0.5) is 8.78 Å². The molecule has 0 amide bonds. The molecule has 1 aliphatic rings. The molecular weight excluding hydrogens is 202 g/mol. The van der Waals surface area contributed by atoms with Crippen molar-refractivity contribution in [1.82, 2.24) is 0 Å². The molecule has 0 saturated heterocycles. The molecule has 1 saturated carbocycles. The van der Waals surface area contributed by atoms with E-state index in [0.29, 0.717) is 0 Å². The van der Waals surface area contributed by atoms with Gasteiger partial charge in [-0.25, -0.2) is 8.78 Å². The Kier molecular flexibility index (Phi) is 4.05. The summed E-state index contributed by atoms with van der Waals surface area (Å²) in [5.74, 6) is -2.11. The van der Waals surface area contributed by atoms with Crippen LogP contribution < -0.4 is 0 Å². The molecule has 15 heavy (non-hydrogen) atoms. The Morgan fingerprint density at radius 2 is 1.87 bits per heavy atom. The highest BCUT2D eigenvalue weighted by molar-refractivity contribution is 5.67. The number of halogens is 2. The third-order valence-corrected chi connectivity index (χ3v) is 3.59. The molecular formula is C11H18F2O2. The maximum Gasteiger partial charge on any atom is 0.303 e. The normalized spacial score (nSPS) is 22.7. The van der Waals surface area contributed by atoms with Crippen molar-refractivity contribution in [3.63, 3.8) is 0 Å². The fraction of sp³-hybridized carbons (Fsp3) is 0.909. The quantitative estimate of drug-likeness (QED) is 0.789. The first kappa shape index (κ1) is 12.4. The summed E-state index contributed by atoms with van der Waals surface area (Å²) in [6.07, 6.45) is 1.50. The zero-order valence-corrected chi connectivity index (χ0v) is 9.01. The molecule has 1 unspecified atom stereocenters. The first-order valence-electron chi connectivity index (χ1n) is 5.46. The molecule has 4 heteroatoms. The van der Waals surface area contributed by atoms with Gasteiger partial charge in [0.1, 0.15) is 0 Å². The van der Waals surface area contributed by atoms with E-state index in [1.54, 1.807) is 0 Å². The molecule has 1 N–H and O–H groups in total. The van der Waals surface area contributed by atoms with Crippen LogP contribution in [-0.4, -0.2) is 17.5 Å². The van der Waals surface area contributed by atoms with E-state index in [1.807, 2.05) is 6.92 Å². The highest BCUT2D eigenvalue weighted by atomic mass is 19.3. The molecule has 0 heterocycles. The second-order valence-corrected chi connectivity index (χ2v) is 4.75. The van der Waals surface area contributed by atoms with Gasteiger partial charge in [-0.05, 0) is 18.3 Å². The summed E-state index contributed by atoms with van der Waals surface area (Å²) >= 11 is 0. The van der Waals surface area contributed by atoms with E-state index in [-0.39, 0.29) is 0 Å². The minimum atomic E-state index is -2.52. The van der Waals surface area contributed by atoms with Gasteiger partial charge in [-0.15, -0.1) is 0 Å². The summed E-state index contributed by atoms with van der Waals surface area (Å²) in [7, 11) is 0. The molecule has 0 aromatic carbocycles. The summed E-state index contributed by atoms with van der Waals surface area (Å²) < 4.78 is 25.7. The lowest BCUT2D eigenvalue weighted by atomic mass is 9.66. The Hall–Kier alpha value is -0.670. The molecule has 1 fully saturated rings. The maximum atomic E-state index is 12.8. The number of alkyl halides is 2. The van der Waals surface area contributed by atoms with Gasteiger partial charge in [0.25, 0.3) is 0 Å². The first-order chi connectivity index (χ1) is 6.96. The largest absolute Gasteiger partial charge is 0.481 e. The summed E-state index contributed by atoms with van der Waals surface area (Å²) in [6.45, 7) is 1.81. The highest BCUT2D eigenvalue weighted by Gasteiger charge is 2.41. The van der Waals surface area contributed by atoms with E-state index in [1.165, 1.54) is 0 Å². The summed E-state index contributed by atoms with van der Waals surface area (Å²) in [6, 6.07) is 0. The third kappa shape index (κ3) is 3.14. The van der Waals surface area contributed by atoms with Crippen molar-refractivity contribution >= 4 is 5.97 Å². The van der Waals surface area contributed by atoms with E-state index < -0.39 is 30.1 Å². The number of aliphatic carboxylic acids is 1. The van der Waals surface area contributed by atoms with Crippen molar-refractivity contribution in [1.29, 1.82) is 0 Å². The molecule has 1 aliphatic carbocycles. The van der Waals surface area contributed by atoms with E-state index in [9.17, 15) is 13.6 Å². The van der Waals surface area contributed by atoms with Gasteiger partial charge < -0.3 is 5.11 Å². The number of hydrogen-bond acceptors (Lipinski definition) is 1. The van der Waals surface area contributed by atoms with Gasteiger partial charge >= 0.3 is 5.97 Å². The number of carbonyl (C=O) groups is 1. The first-order valence-corrected chi connectivity index (χ1v) is 5.46. The molecule has 0 aliphatic heterocycles. The van der Waals surface area contributed by atoms with Crippen molar-refractivity contribution in [3.05, 3.63) is 0 Å². The Labute approximate surface area is 88.7 Å². The predicted octanol–water partition coefficient (Wildman–Crippen LogP) is 3.31. The topological polar surface area (TPSA) is 37.3 Å². The van der Waals surface area contributed by atoms with Crippen LogP contribution in [0.25, 0.3) is 0 Å². The van der Waals surface area contributed by atoms with E-state index in [4.69, 9.17) is 5.11 Å². The van der Waals surface area contributed by atoms with Gasteiger partial charge in [0.2, 0.25) is 6.43 Å². The molecule has 0 aromatic heterocycles. The Bertz CT molecular complexity index is 223. The average molecular weight is 220 g/mol. The molecule has 0 radical (unpaired) electrons. The zero-order valence-electron chi connectivity index (χ0n) is 9.01. The lowest BCUT2D eigenvalue weighted by molar-refractivity contribution is -0.142. The van der Waals surface area contributed by atoms with Gasteiger partial charge in [0, 0.05) is 5.92 Å². The van der Waals surface area contributed by atoms with E-state index in [2.05, 4.69) is 0 Å². The monoisotopic (exact) mass is 220 g/mol. The van der Waals surface area contributed by atoms with Crippen molar-refractivity contribution in [2.75, 3.05) is 0 Å². The molecule has 1 rings (SSSR count). The lowest BCUT2D eigenvalue weighted by Gasteiger charge is -2.39. The van der Waals surface area contributed by atoms with Crippen LogP contribution in [0.1, 0.15) is 45.4 Å². The van der Waals surface area contributed by atoms with Crippen LogP contribution in [0.3, 0.4) is 0 Å². The standard InChI is InChI=1S/C11H18F2O2/c1-11(5-3-2-4-6-11)8(10(12)13)7-9(14)15/h8,10H,2-7H2,1H3,(H,14,15). The summed E-state index contributed by atoms with van der Waals surface area (Å²) in [5.41, 5.74) is -0.481. The summed E-state index contributed by atoms with van der Waals surface area (Å²) in [5, 5.41) is 8.64. The second-order valence-electron chi connectivity index (χ2n) is 4.75. The van der Waals surface area contributed by atoms with Crippen molar-refractivity contribution in [2.24, 2.45) is 11.3 Å². The minimum absolute atomic E-state index is 0.409. The van der Waals surface area contributed by atoms with Crippen molar-refractivity contribution in [3.8, 4) is 0 Å². The molecule has 1 atom stereocenters. The predicted molar refractivity (Wildman–Crippen MR) is 52.9 cm³/mol. The molecule has 0 bridgehead atoms. The van der Waals surface area contributed by atoms with Crippen LogP contribution in [0.2, 0.25) is 0 Å². The molecule has 0 spiro atoms. The van der Waals surface area contributed by atoms with Crippen molar-refractivity contribution in [2.45, 2.75) is 51.9 Å². The average Bonchev–Trinajstić information content (AvgIpc) is 2.14. The van der Waals surface area contributed by atoms with Crippen molar-refractivity contribution < 1.29 is 18.7 Å². The number of carboxylic acids is 1. The van der Waals surface area contributed by atoms with Crippen LogP contribution >= 0.6 is 0 Å². The molecule has 88 valence electrons. The van der Waals surface area contributed by atoms with E-state index in [0.717, 1.165) is 32.1 Å². The van der Waals surface area contributed by atoms with Gasteiger partial charge in [0.05, 0.1) is 6.42 Å². The smallest absolute Gasteiger partial charge is 0.303 e. The highest BCUT2D eigenvalue weighted by Crippen LogP contribution is 2.45. The number of rotatable bonds is 4. The lowest BCUT2D eigenvalue weighted by Crippen LogP contribution is -2.36. The molecule has 0 aromatic rings. The SMILES string of the molecule is CC1(C(CC(=O)O)C(F)F)CCCCC1. The third-order valence-electron chi connectivity index (χ3n) is 3.59. The minimum Gasteiger partial charge on any atom is -0.481 e. The Morgan fingerprint density at radius 3 is 2.27 bits per heavy atom. The van der Waals surface area contributed by atoms with Crippen LogP contribution in [0.15, 0.2) is 0 Å².